The highest BCUT2D eigenvalue weighted by molar-refractivity contribution is 9.11. The van der Waals surface area contributed by atoms with E-state index in [0.29, 0.717) is 29.4 Å². The van der Waals surface area contributed by atoms with Gasteiger partial charge < -0.3 is 14.8 Å². The second kappa shape index (κ2) is 11.2. The molecule has 3 rings (SSSR count). The van der Waals surface area contributed by atoms with Crippen molar-refractivity contribution in [1.82, 2.24) is 0 Å². The SMILES string of the molecule is COc1cc(/C=C(/C#N)C(=O)Nc2ccc(C)c(C)c2)ccc1OCc1ccc(Br)cc1Br. The zero-order valence-corrected chi connectivity index (χ0v) is 21.6. The van der Waals surface area contributed by atoms with Crippen molar-refractivity contribution < 1.29 is 14.3 Å². The summed E-state index contributed by atoms with van der Waals surface area (Å²) in [5, 5.41) is 12.3. The number of methoxy groups -OCH3 is 1. The summed E-state index contributed by atoms with van der Waals surface area (Å²) in [7, 11) is 1.54. The quantitative estimate of drug-likeness (QED) is 0.246. The lowest BCUT2D eigenvalue weighted by molar-refractivity contribution is -0.112. The van der Waals surface area contributed by atoms with Gasteiger partial charge in [0.15, 0.2) is 11.5 Å². The minimum atomic E-state index is -0.472. The fourth-order valence-corrected chi connectivity index (χ4v) is 4.18. The first-order valence-electron chi connectivity index (χ1n) is 10.1. The Labute approximate surface area is 210 Å². The van der Waals surface area contributed by atoms with Gasteiger partial charge in [-0.05, 0) is 73.0 Å². The largest absolute Gasteiger partial charge is 0.493 e. The fraction of sp³-hybridized carbons (Fsp3) is 0.154. The van der Waals surface area contributed by atoms with Crippen LogP contribution in [0.15, 0.2) is 69.1 Å². The van der Waals surface area contributed by atoms with Crippen LogP contribution in [0.5, 0.6) is 11.5 Å². The van der Waals surface area contributed by atoms with Crippen molar-refractivity contribution in [3.05, 3.63) is 91.4 Å². The molecule has 0 aliphatic heterocycles. The normalized spacial score (nSPS) is 11.0. The molecule has 0 radical (unpaired) electrons. The molecule has 7 heteroatoms. The molecular weight excluding hydrogens is 548 g/mol. The second-order valence-corrected chi connectivity index (χ2v) is 9.13. The molecule has 0 aliphatic carbocycles. The number of halogens is 2. The second-order valence-electron chi connectivity index (χ2n) is 7.36. The molecule has 168 valence electrons. The van der Waals surface area contributed by atoms with Crippen LogP contribution in [-0.2, 0) is 11.4 Å². The average molecular weight is 570 g/mol. The Hall–Kier alpha value is -3.08. The molecule has 0 unspecified atom stereocenters. The molecule has 3 aromatic carbocycles. The predicted octanol–water partition coefficient (Wildman–Crippen LogP) is 6.96. The van der Waals surface area contributed by atoms with Crippen molar-refractivity contribution >= 4 is 49.5 Å². The lowest BCUT2D eigenvalue weighted by Crippen LogP contribution is -2.13. The van der Waals surface area contributed by atoms with Gasteiger partial charge in [0.1, 0.15) is 18.2 Å². The minimum Gasteiger partial charge on any atom is -0.493 e. The molecule has 5 nitrogen and oxygen atoms in total. The number of nitriles is 1. The maximum atomic E-state index is 12.6. The van der Waals surface area contributed by atoms with Crippen LogP contribution in [0, 0.1) is 25.2 Å². The van der Waals surface area contributed by atoms with E-state index < -0.39 is 5.91 Å². The molecule has 3 aromatic rings. The van der Waals surface area contributed by atoms with Gasteiger partial charge in [-0.2, -0.15) is 5.26 Å². The number of carbonyl (C=O) groups is 1. The van der Waals surface area contributed by atoms with Gasteiger partial charge in [-0.15, -0.1) is 0 Å². The van der Waals surface area contributed by atoms with Crippen LogP contribution in [0.3, 0.4) is 0 Å². The molecule has 33 heavy (non-hydrogen) atoms. The number of nitrogens with one attached hydrogen (secondary N) is 1. The topological polar surface area (TPSA) is 71.3 Å². The molecule has 0 heterocycles. The monoisotopic (exact) mass is 568 g/mol. The molecule has 1 N–H and O–H groups in total. The molecule has 0 spiro atoms. The number of hydrogen-bond donors (Lipinski definition) is 1. The Morgan fingerprint density at radius 2 is 1.82 bits per heavy atom. The Balaban J connectivity index is 1.76. The Bertz CT molecular complexity index is 1260. The number of rotatable bonds is 7. The number of aryl methyl sites for hydroxylation is 2. The summed E-state index contributed by atoms with van der Waals surface area (Å²) in [5.41, 5.74) is 4.46. The molecule has 0 saturated heterocycles. The standard InChI is InChI=1S/C26H22Br2N2O3/c1-16-4-8-22(10-17(16)2)30-26(31)20(14-29)11-18-5-9-24(25(12-18)32-3)33-15-19-6-7-21(27)13-23(19)28/h4-13H,15H2,1-3H3,(H,30,31)/b20-11-. The van der Waals surface area contributed by atoms with Crippen molar-refractivity contribution in [2.75, 3.05) is 12.4 Å². The van der Waals surface area contributed by atoms with Gasteiger partial charge in [-0.25, -0.2) is 0 Å². The summed E-state index contributed by atoms with van der Waals surface area (Å²) in [6.07, 6.45) is 1.52. The maximum Gasteiger partial charge on any atom is 0.266 e. The van der Waals surface area contributed by atoms with Crippen molar-refractivity contribution in [1.29, 1.82) is 5.26 Å². The highest BCUT2D eigenvalue weighted by atomic mass is 79.9. The number of benzene rings is 3. The van der Waals surface area contributed by atoms with E-state index in [1.807, 2.05) is 56.3 Å². The van der Waals surface area contributed by atoms with Crippen LogP contribution in [-0.4, -0.2) is 13.0 Å². The average Bonchev–Trinajstić information content (AvgIpc) is 2.79. The molecule has 0 atom stereocenters. The van der Waals surface area contributed by atoms with Gasteiger partial charge in [0.2, 0.25) is 0 Å². The summed E-state index contributed by atoms with van der Waals surface area (Å²) in [5.74, 6) is 0.589. The molecular formula is C26H22Br2N2O3. The first-order chi connectivity index (χ1) is 15.8. The molecule has 1 amide bonds. The van der Waals surface area contributed by atoms with Gasteiger partial charge in [-0.1, -0.05) is 50.1 Å². The summed E-state index contributed by atoms with van der Waals surface area (Å²) in [4.78, 5) is 12.6. The van der Waals surface area contributed by atoms with E-state index >= 15 is 0 Å². The van der Waals surface area contributed by atoms with Gasteiger partial charge >= 0.3 is 0 Å². The van der Waals surface area contributed by atoms with Crippen LogP contribution in [0.1, 0.15) is 22.3 Å². The first kappa shape index (κ1) is 24.6. The van der Waals surface area contributed by atoms with E-state index in [0.717, 1.165) is 25.6 Å². The summed E-state index contributed by atoms with van der Waals surface area (Å²) >= 11 is 6.97. The van der Waals surface area contributed by atoms with E-state index in [1.165, 1.54) is 6.08 Å². The van der Waals surface area contributed by atoms with Crippen molar-refractivity contribution in [2.45, 2.75) is 20.5 Å². The van der Waals surface area contributed by atoms with E-state index in [-0.39, 0.29) is 5.57 Å². The molecule has 0 aromatic heterocycles. The number of amides is 1. The maximum absolute atomic E-state index is 12.6. The summed E-state index contributed by atoms with van der Waals surface area (Å²) < 4.78 is 13.3. The van der Waals surface area contributed by atoms with Gasteiger partial charge in [0.05, 0.1) is 7.11 Å². The van der Waals surface area contributed by atoms with Gasteiger partial charge in [-0.3, -0.25) is 4.79 Å². The zero-order valence-electron chi connectivity index (χ0n) is 18.4. The number of hydrogen-bond acceptors (Lipinski definition) is 4. The van der Waals surface area contributed by atoms with E-state index in [1.54, 1.807) is 25.3 Å². The van der Waals surface area contributed by atoms with Crippen LogP contribution in [0.4, 0.5) is 5.69 Å². The minimum absolute atomic E-state index is 0.0113. The number of ether oxygens (including phenoxy) is 2. The lowest BCUT2D eigenvalue weighted by atomic mass is 10.1. The molecule has 0 saturated carbocycles. The summed E-state index contributed by atoms with van der Waals surface area (Å²) in [6.45, 7) is 4.32. The number of carbonyl (C=O) groups excluding carboxylic acids is 1. The third-order valence-corrected chi connectivity index (χ3v) is 6.26. The predicted molar refractivity (Wildman–Crippen MR) is 137 cm³/mol. The highest BCUT2D eigenvalue weighted by Crippen LogP contribution is 2.31. The van der Waals surface area contributed by atoms with Crippen molar-refractivity contribution in [3.63, 3.8) is 0 Å². The van der Waals surface area contributed by atoms with Crippen LogP contribution >= 0.6 is 31.9 Å². The molecule has 0 fully saturated rings. The Kier molecular flexibility index (Phi) is 8.32. The van der Waals surface area contributed by atoms with E-state index in [4.69, 9.17) is 9.47 Å². The van der Waals surface area contributed by atoms with Gasteiger partial charge in [0.25, 0.3) is 5.91 Å². The Morgan fingerprint density at radius 3 is 2.48 bits per heavy atom. The zero-order chi connectivity index (χ0) is 24.0. The third kappa shape index (κ3) is 6.47. The third-order valence-electron chi connectivity index (χ3n) is 5.03. The fourth-order valence-electron chi connectivity index (χ4n) is 3.02. The van der Waals surface area contributed by atoms with Crippen molar-refractivity contribution in [2.24, 2.45) is 0 Å². The van der Waals surface area contributed by atoms with E-state index in [9.17, 15) is 10.1 Å². The number of nitrogens with zero attached hydrogens (tertiary/aromatic N) is 1. The first-order valence-corrected chi connectivity index (χ1v) is 11.6. The lowest BCUT2D eigenvalue weighted by Gasteiger charge is -2.12. The summed E-state index contributed by atoms with van der Waals surface area (Å²) in [6, 6.07) is 18.7. The highest BCUT2D eigenvalue weighted by Gasteiger charge is 2.12. The van der Waals surface area contributed by atoms with Gasteiger partial charge in [0, 0.05) is 20.2 Å². The molecule has 0 bridgehead atoms. The smallest absolute Gasteiger partial charge is 0.266 e. The van der Waals surface area contributed by atoms with Crippen LogP contribution in [0.25, 0.3) is 6.08 Å². The van der Waals surface area contributed by atoms with Crippen molar-refractivity contribution in [3.8, 4) is 17.6 Å². The Morgan fingerprint density at radius 1 is 1.03 bits per heavy atom. The van der Waals surface area contributed by atoms with Crippen LogP contribution < -0.4 is 14.8 Å². The van der Waals surface area contributed by atoms with Crippen LogP contribution in [0.2, 0.25) is 0 Å². The number of anilines is 1. The molecule has 0 aliphatic rings. The van der Waals surface area contributed by atoms with E-state index in [2.05, 4.69) is 37.2 Å².